The second kappa shape index (κ2) is 5.44. The summed E-state index contributed by atoms with van der Waals surface area (Å²) in [5, 5.41) is 6.91. The fraction of sp³-hybridized carbons (Fsp3) is 0.769. The highest BCUT2D eigenvalue weighted by atomic mass is 19.4. The minimum atomic E-state index is -4.51. The number of hydrogen-bond acceptors (Lipinski definition) is 4. The number of halogens is 3. The van der Waals surface area contributed by atoms with Gasteiger partial charge in [0.05, 0.1) is 0 Å². The van der Waals surface area contributed by atoms with Crippen molar-refractivity contribution in [2.24, 2.45) is 11.8 Å². The van der Waals surface area contributed by atoms with E-state index in [-0.39, 0.29) is 11.8 Å². The molecule has 1 aliphatic heterocycles. The number of H-pyrrole nitrogens is 1. The number of aromatic amines is 1. The number of aromatic nitrogens is 3. The molecule has 3 rings (SSSR count). The SMILES string of the molecule is Cc1nc([C@@H]2CN(C(=O)OCC(F)(F)F)C[C@H]2C2CC2)n[nH]1. The Morgan fingerprint density at radius 2 is 2.14 bits per heavy atom. The summed E-state index contributed by atoms with van der Waals surface area (Å²) in [5.41, 5.74) is 0. The summed E-state index contributed by atoms with van der Waals surface area (Å²) in [4.78, 5) is 17.5. The summed E-state index contributed by atoms with van der Waals surface area (Å²) >= 11 is 0. The molecule has 2 heterocycles. The van der Waals surface area contributed by atoms with Gasteiger partial charge in [0.25, 0.3) is 0 Å². The Bertz CT molecular complexity index is 556. The first-order valence-corrected chi connectivity index (χ1v) is 7.21. The van der Waals surface area contributed by atoms with Crippen molar-refractivity contribution in [2.75, 3.05) is 19.7 Å². The van der Waals surface area contributed by atoms with Crippen LogP contribution in [0.1, 0.15) is 30.4 Å². The standard InChI is InChI=1S/C13H17F3N4O2/c1-7-17-11(19-18-7)10-5-20(4-9(10)8-2-3-8)12(21)22-6-13(14,15)16/h8-10H,2-6H2,1H3,(H,17,18,19)/t9-,10+/m0/s1. The molecule has 0 unspecified atom stereocenters. The Morgan fingerprint density at radius 1 is 1.41 bits per heavy atom. The number of rotatable bonds is 3. The van der Waals surface area contributed by atoms with Crippen LogP contribution in [0.3, 0.4) is 0 Å². The molecule has 2 fully saturated rings. The van der Waals surface area contributed by atoms with Crippen LogP contribution in [0.15, 0.2) is 0 Å². The highest BCUT2D eigenvalue weighted by Crippen LogP contribution is 2.47. The third-order valence-electron chi connectivity index (χ3n) is 4.16. The second-order valence-electron chi connectivity index (χ2n) is 5.96. The van der Waals surface area contributed by atoms with Crippen molar-refractivity contribution in [2.45, 2.75) is 31.9 Å². The number of carbonyl (C=O) groups excluding carboxylic acids is 1. The van der Waals surface area contributed by atoms with Gasteiger partial charge in [-0.1, -0.05) is 0 Å². The van der Waals surface area contributed by atoms with Crippen molar-refractivity contribution in [3.05, 3.63) is 11.6 Å². The molecule has 22 heavy (non-hydrogen) atoms. The fourth-order valence-corrected chi connectivity index (χ4v) is 3.01. The summed E-state index contributed by atoms with van der Waals surface area (Å²) in [6, 6.07) is 0. The van der Waals surface area contributed by atoms with Gasteiger partial charge >= 0.3 is 12.3 Å². The number of carbonyl (C=O) groups is 1. The largest absolute Gasteiger partial charge is 0.440 e. The molecule has 1 aliphatic carbocycles. The Morgan fingerprint density at radius 3 is 2.68 bits per heavy atom. The minimum absolute atomic E-state index is 0.0455. The van der Waals surface area contributed by atoms with Crippen LogP contribution in [-0.4, -0.2) is 52.0 Å². The van der Waals surface area contributed by atoms with Crippen LogP contribution in [0.25, 0.3) is 0 Å². The monoisotopic (exact) mass is 318 g/mol. The molecule has 0 radical (unpaired) electrons. The molecule has 1 saturated carbocycles. The number of aryl methyl sites for hydroxylation is 1. The molecule has 0 aromatic carbocycles. The zero-order valence-corrected chi connectivity index (χ0v) is 12.1. The van der Waals surface area contributed by atoms with E-state index in [0.717, 1.165) is 12.8 Å². The van der Waals surface area contributed by atoms with Crippen LogP contribution < -0.4 is 0 Å². The smallest absolute Gasteiger partial charge is 0.422 e. The molecule has 0 spiro atoms. The molecule has 0 bridgehead atoms. The second-order valence-corrected chi connectivity index (χ2v) is 5.96. The van der Waals surface area contributed by atoms with Crippen LogP contribution in [0.4, 0.5) is 18.0 Å². The molecule has 122 valence electrons. The predicted octanol–water partition coefficient (Wildman–Crippen LogP) is 2.24. The molecule has 9 heteroatoms. The number of nitrogens with one attached hydrogen (secondary N) is 1. The van der Waals surface area contributed by atoms with Gasteiger partial charge in [0.2, 0.25) is 0 Å². The molecule has 1 aromatic heterocycles. The quantitative estimate of drug-likeness (QED) is 0.928. The van der Waals surface area contributed by atoms with Crippen molar-refractivity contribution in [3.8, 4) is 0 Å². The van der Waals surface area contributed by atoms with E-state index in [1.54, 1.807) is 6.92 Å². The van der Waals surface area contributed by atoms with E-state index in [9.17, 15) is 18.0 Å². The van der Waals surface area contributed by atoms with Gasteiger partial charge in [-0.3, -0.25) is 5.10 Å². The lowest BCUT2D eigenvalue weighted by atomic mass is 9.91. The van der Waals surface area contributed by atoms with E-state index in [2.05, 4.69) is 19.9 Å². The first kappa shape index (κ1) is 15.1. The lowest BCUT2D eigenvalue weighted by Gasteiger charge is -2.16. The van der Waals surface area contributed by atoms with E-state index in [1.165, 1.54) is 4.90 Å². The molecular weight excluding hydrogens is 301 g/mol. The zero-order valence-electron chi connectivity index (χ0n) is 12.1. The van der Waals surface area contributed by atoms with Crippen molar-refractivity contribution in [1.82, 2.24) is 20.1 Å². The Balaban J connectivity index is 1.66. The lowest BCUT2D eigenvalue weighted by molar-refractivity contribution is -0.162. The molecule has 1 aromatic rings. The number of amides is 1. The van der Waals surface area contributed by atoms with Gasteiger partial charge in [0, 0.05) is 19.0 Å². The molecule has 1 saturated heterocycles. The Labute approximate surface area is 125 Å². The fourth-order valence-electron chi connectivity index (χ4n) is 3.01. The van der Waals surface area contributed by atoms with Crippen molar-refractivity contribution in [1.29, 1.82) is 0 Å². The number of hydrogen-bond donors (Lipinski definition) is 1. The van der Waals surface area contributed by atoms with Gasteiger partial charge in [0.15, 0.2) is 12.4 Å². The van der Waals surface area contributed by atoms with Gasteiger partial charge in [-0.15, -0.1) is 0 Å². The lowest BCUT2D eigenvalue weighted by Crippen LogP contribution is -2.32. The zero-order chi connectivity index (χ0) is 15.9. The first-order valence-electron chi connectivity index (χ1n) is 7.21. The predicted molar refractivity (Wildman–Crippen MR) is 69.1 cm³/mol. The molecule has 1 N–H and O–H groups in total. The van der Waals surface area contributed by atoms with Gasteiger partial charge < -0.3 is 9.64 Å². The Hall–Kier alpha value is -1.80. The van der Waals surface area contributed by atoms with Crippen molar-refractivity contribution < 1.29 is 22.7 Å². The van der Waals surface area contributed by atoms with Crippen LogP contribution in [0.2, 0.25) is 0 Å². The number of alkyl halides is 3. The highest BCUT2D eigenvalue weighted by molar-refractivity contribution is 5.68. The van der Waals surface area contributed by atoms with E-state index < -0.39 is 18.9 Å². The molecular formula is C13H17F3N4O2. The van der Waals surface area contributed by atoms with Crippen LogP contribution in [-0.2, 0) is 4.74 Å². The number of nitrogens with zero attached hydrogens (tertiary/aromatic N) is 3. The molecule has 2 aliphatic rings. The van der Waals surface area contributed by atoms with E-state index in [0.29, 0.717) is 30.7 Å². The van der Waals surface area contributed by atoms with Gasteiger partial charge in [0.1, 0.15) is 5.82 Å². The number of ether oxygens (including phenoxy) is 1. The van der Waals surface area contributed by atoms with E-state index in [4.69, 9.17) is 0 Å². The average molecular weight is 318 g/mol. The Kier molecular flexibility index (Phi) is 3.73. The maximum absolute atomic E-state index is 12.1. The molecule has 2 atom stereocenters. The highest BCUT2D eigenvalue weighted by Gasteiger charge is 2.46. The van der Waals surface area contributed by atoms with Gasteiger partial charge in [-0.05, 0) is 31.6 Å². The molecule has 6 nitrogen and oxygen atoms in total. The van der Waals surface area contributed by atoms with Gasteiger partial charge in [-0.25, -0.2) is 9.78 Å². The normalized spacial score (nSPS) is 25.5. The summed E-state index contributed by atoms with van der Waals surface area (Å²) in [6.45, 7) is 0.933. The van der Waals surface area contributed by atoms with Crippen molar-refractivity contribution in [3.63, 3.8) is 0 Å². The third-order valence-corrected chi connectivity index (χ3v) is 4.16. The van der Waals surface area contributed by atoms with Crippen LogP contribution >= 0.6 is 0 Å². The van der Waals surface area contributed by atoms with E-state index in [1.807, 2.05) is 0 Å². The summed E-state index contributed by atoms with van der Waals surface area (Å²) in [5.74, 6) is 1.94. The first-order chi connectivity index (χ1) is 10.3. The summed E-state index contributed by atoms with van der Waals surface area (Å²) < 4.78 is 40.8. The van der Waals surface area contributed by atoms with Crippen LogP contribution in [0, 0.1) is 18.8 Å². The molecule has 1 amide bonds. The number of likely N-dealkylation sites (tertiary alicyclic amines) is 1. The van der Waals surface area contributed by atoms with Gasteiger partial charge in [-0.2, -0.15) is 18.3 Å². The van der Waals surface area contributed by atoms with E-state index >= 15 is 0 Å². The maximum Gasteiger partial charge on any atom is 0.422 e. The van der Waals surface area contributed by atoms with Crippen LogP contribution in [0.5, 0.6) is 0 Å². The van der Waals surface area contributed by atoms with Crippen molar-refractivity contribution >= 4 is 6.09 Å². The minimum Gasteiger partial charge on any atom is -0.440 e. The average Bonchev–Trinajstić information content (AvgIpc) is 3.03. The maximum atomic E-state index is 12.1. The summed E-state index contributed by atoms with van der Waals surface area (Å²) in [7, 11) is 0. The topological polar surface area (TPSA) is 71.1 Å². The third kappa shape index (κ3) is 3.33. The summed E-state index contributed by atoms with van der Waals surface area (Å²) in [6.07, 6.45) is -3.27.